The molecule has 18 heavy (non-hydrogen) atoms. The molecule has 4 heteroatoms. The predicted molar refractivity (Wildman–Crippen MR) is 71.4 cm³/mol. The third-order valence-corrected chi connectivity index (χ3v) is 3.41. The van der Waals surface area contributed by atoms with Gasteiger partial charge in [-0.3, -0.25) is 0 Å². The van der Waals surface area contributed by atoms with Crippen LogP contribution < -0.4 is 4.74 Å². The summed E-state index contributed by atoms with van der Waals surface area (Å²) in [5, 5.41) is 0. The third kappa shape index (κ3) is 4.45. The van der Waals surface area contributed by atoms with Crippen molar-refractivity contribution >= 4 is 11.8 Å². The van der Waals surface area contributed by atoms with Crippen molar-refractivity contribution in [3.05, 3.63) is 54.2 Å². The zero-order valence-electron chi connectivity index (χ0n) is 9.97. The molecule has 2 aromatic rings. The summed E-state index contributed by atoms with van der Waals surface area (Å²) in [6, 6.07) is 9.97. The Hall–Kier alpha value is -1.42. The van der Waals surface area contributed by atoms with Gasteiger partial charge in [0.1, 0.15) is 17.3 Å². The Kier molecular flexibility index (Phi) is 5.15. The summed E-state index contributed by atoms with van der Waals surface area (Å²) >= 11 is 1.81. The topological polar surface area (TPSA) is 22.4 Å². The standard InChI is InChI=1S/C14H15FO2S/c15-12-4-6-13(7-5-12)16-9-2-10-18-11-14-3-1-8-17-14/h1,3-8H,2,9-11H2. The van der Waals surface area contributed by atoms with E-state index in [1.54, 1.807) is 18.4 Å². The first-order valence-electron chi connectivity index (χ1n) is 5.83. The lowest BCUT2D eigenvalue weighted by Gasteiger charge is -2.05. The van der Waals surface area contributed by atoms with Crippen molar-refractivity contribution < 1.29 is 13.5 Å². The second kappa shape index (κ2) is 7.11. The Balaban J connectivity index is 1.55. The van der Waals surface area contributed by atoms with Crippen LogP contribution >= 0.6 is 11.8 Å². The molecule has 0 aliphatic carbocycles. The fraction of sp³-hybridized carbons (Fsp3) is 0.286. The van der Waals surface area contributed by atoms with Gasteiger partial charge < -0.3 is 9.15 Å². The summed E-state index contributed by atoms with van der Waals surface area (Å²) in [5.41, 5.74) is 0. The van der Waals surface area contributed by atoms with Crippen LogP contribution in [0.5, 0.6) is 5.75 Å². The summed E-state index contributed by atoms with van der Waals surface area (Å²) in [4.78, 5) is 0. The van der Waals surface area contributed by atoms with E-state index < -0.39 is 0 Å². The van der Waals surface area contributed by atoms with E-state index in [2.05, 4.69) is 0 Å². The van der Waals surface area contributed by atoms with Crippen molar-refractivity contribution in [2.75, 3.05) is 12.4 Å². The maximum atomic E-state index is 12.6. The van der Waals surface area contributed by atoms with E-state index >= 15 is 0 Å². The van der Waals surface area contributed by atoms with Crippen molar-refractivity contribution in [2.45, 2.75) is 12.2 Å². The fourth-order valence-electron chi connectivity index (χ4n) is 1.45. The highest BCUT2D eigenvalue weighted by atomic mass is 32.2. The van der Waals surface area contributed by atoms with Gasteiger partial charge in [-0.25, -0.2) is 4.39 Å². The summed E-state index contributed by atoms with van der Waals surface area (Å²) in [6.45, 7) is 0.650. The van der Waals surface area contributed by atoms with Crippen molar-refractivity contribution in [1.82, 2.24) is 0 Å². The quantitative estimate of drug-likeness (QED) is 0.704. The summed E-state index contributed by atoms with van der Waals surface area (Å²) in [6.07, 6.45) is 2.65. The van der Waals surface area contributed by atoms with E-state index in [4.69, 9.17) is 9.15 Å². The highest BCUT2D eigenvalue weighted by Crippen LogP contribution is 2.14. The normalized spacial score (nSPS) is 10.5. The minimum Gasteiger partial charge on any atom is -0.494 e. The van der Waals surface area contributed by atoms with Crippen LogP contribution in [0.4, 0.5) is 4.39 Å². The van der Waals surface area contributed by atoms with E-state index in [9.17, 15) is 4.39 Å². The van der Waals surface area contributed by atoms with E-state index in [-0.39, 0.29) is 5.82 Å². The summed E-state index contributed by atoms with van der Waals surface area (Å²) in [7, 11) is 0. The van der Waals surface area contributed by atoms with Gasteiger partial charge >= 0.3 is 0 Å². The van der Waals surface area contributed by atoms with E-state index in [0.717, 1.165) is 23.7 Å². The van der Waals surface area contributed by atoms with Gasteiger partial charge in [0.05, 0.1) is 18.6 Å². The monoisotopic (exact) mass is 266 g/mol. The first kappa shape index (κ1) is 13.0. The van der Waals surface area contributed by atoms with Crippen LogP contribution in [0.1, 0.15) is 12.2 Å². The third-order valence-electron chi connectivity index (χ3n) is 2.34. The molecule has 0 radical (unpaired) electrons. The number of halogens is 1. The van der Waals surface area contributed by atoms with Gasteiger partial charge in [-0.1, -0.05) is 0 Å². The summed E-state index contributed by atoms with van der Waals surface area (Å²) < 4.78 is 23.4. The number of benzene rings is 1. The molecule has 0 amide bonds. The lowest BCUT2D eigenvalue weighted by molar-refractivity contribution is 0.318. The number of rotatable bonds is 7. The second-order valence-corrected chi connectivity index (χ2v) is 4.89. The SMILES string of the molecule is Fc1ccc(OCCCSCc2ccco2)cc1. The minimum atomic E-state index is -0.239. The Morgan fingerprint density at radius 2 is 2.00 bits per heavy atom. The molecule has 0 aliphatic heterocycles. The van der Waals surface area contributed by atoms with Crippen LogP contribution in [0.25, 0.3) is 0 Å². The van der Waals surface area contributed by atoms with E-state index in [1.807, 2.05) is 23.9 Å². The molecule has 0 aliphatic rings. The van der Waals surface area contributed by atoms with E-state index in [0.29, 0.717) is 12.4 Å². The molecular formula is C14H15FO2S. The fourth-order valence-corrected chi connectivity index (χ4v) is 2.28. The molecule has 2 rings (SSSR count). The molecule has 1 aromatic carbocycles. The molecule has 0 fully saturated rings. The van der Waals surface area contributed by atoms with Crippen molar-refractivity contribution in [1.29, 1.82) is 0 Å². The van der Waals surface area contributed by atoms with Gasteiger partial charge in [0.15, 0.2) is 0 Å². The average Bonchev–Trinajstić information content (AvgIpc) is 2.89. The maximum absolute atomic E-state index is 12.6. The highest BCUT2D eigenvalue weighted by molar-refractivity contribution is 7.98. The van der Waals surface area contributed by atoms with Crippen molar-refractivity contribution in [3.63, 3.8) is 0 Å². The molecule has 1 aromatic heterocycles. The van der Waals surface area contributed by atoms with Crippen LogP contribution in [0, 0.1) is 5.82 Å². The highest BCUT2D eigenvalue weighted by Gasteiger charge is 1.97. The number of hydrogen-bond acceptors (Lipinski definition) is 3. The number of thioether (sulfide) groups is 1. The molecule has 0 N–H and O–H groups in total. The molecule has 1 heterocycles. The Labute approximate surface area is 110 Å². The average molecular weight is 266 g/mol. The number of ether oxygens (including phenoxy) is 1. The zero-order valence-corrected chi connectivity index (χ0v) is 10.8. The lowest BCUT2D eigenvalue weighted by atomic mass is 10.3. The smallest absolute Gasteiger partial charge is 0.123 e. The van der Waals surface area contributed by atoms with Crippen LogP contribution in [0.3, 0.4) is 0 Å². The van der Waals surface area contributed by atoms with Gasteiger partial charge in [-0.2, -0.15) is 11.8 Å². The molecule has 0 saturated heterocycles. The Morgan fingerprint density at radius 3 is 2.72 bits per heavy atom. The minimum absolute atomic E-state index is 0.239. The largest absolute Gasteiger partial charge is 0.494 e. The Morgan fingerprint density at radius 1 is 1.17 bits per heavy atom. The Bertz CT molecular complexity index is 439. The predicted octanol–water partition coefficient (Wildman–Crippen LogP) is 4.12. The first-order valence-corrected chi connectivity index (χ1v) is 6.98. The number of hydrogen-bond donors (Lipinski definition) is 0. The molecule has 0 spiro atoms. The molecule has 0 saturated carbocycles. The number of furan rings is 1. The van der Waals surface area contributed by atoms with Gasteiger partial charge in [0.25, 0.3) is 0 Å². The van der Waals surface area contributed by atoms with Crippen LogP contribution in [0.15, 0.2) is 47.1 Å². The van der Waals surface area contributed by atoms with Crippen molar-refractivity contribution in [3.8, 4) is 5.75 Å². The molecule has 0 atom stereocenters. The van der Waals surface area contributed by atoms with Gasteiger partial charge in [0.2, 0.25) is 0 Å². The van der Waals surface area contributed by atoms with E-state index in [1.165, 1.54) is 12.1 Å². The first-order chi connectivity index (χ1) is 8.84. The van der Waals surface area contributed by atoms with Gasteiger partial charge in [-0.15, -0.1) is 0 Å². The lowest BCUT2D eigenvalue weighted by Crippen LogP contribution is -1.98. The van der Waals surface area contributed by atoms with Gasteiger partial charge in [0, 0.05) is 0 Å². The molecule has 0 unspecified atom stereocenters. The molecule has 96 valence electrons. The molecule has 0 bridgehead atoms. The zero-order chi connectivity index (χ0) is 12.6. The van der Waals surface area contributed by atoms with Gasteiger partial charge in [-0.05, 0) is 48.6 Å². The van der Waals surface area contributed by atoms with Crippen LogP contribution in [0.2, 0.25) is 0 Å². The van der Waals surface area contributed by atoms with Crippen molar-refractivity contribution in [2.24, 2.45) is 0 Å². The molecule has 2 nitrogen and oxygen atoms in total. The van der Waals surface area contributed by atoms with Crippen LogP contribution in [-0.4, -0.2) is 12.4 Å². The summed E-state index contributed by atoms with van der Waals surface area (Å²) in [5.74, 6) is 3.38. The second-order valence-electron chi connectivity index (χ2n) is 3.79. The molecular weight excluding hydrogens is 251 g/mol. The van der Waals surface area contributed by atoms with Crippen LogP contribution in [-0.2, 0) is 5.75 Å². The maximum Gasteiger partial charge on any atom is 0.123 e.